The summed E-state index contributed by atoms with van der Waals surface area (Å²) in [6.45, 7) is 0.548. The average molecular weight is 444 g/mol. The number of hydrogen-bond acceptors (Lipinski definition) is 7. The van der Waals surface area contributed by atoms with Crippen molar-refractivity contribution in [3.05, 3.63) is 53.7 Å². The van der Waals surface area contributed by atoms with Crippen LogP contribution in [0.1, 0.15) is 46.4 Å². The molecule has 1 saturated carbocycles. The van der Waals surface area contributed by atoms with E-state index >= 15 is 0 Å². The third-order valence-corrected chi connectivity index (χ3v) is 7.11. The number of imide groups is 1. The van der Waals surface area contributed by atoms with E-state index in [1.165, 1.54) is 4.90 Å². The van der Waals surface area contributed by atoms with Gasteiger partial charge in [0.25, 0.3) is 11.8 Å². The lowest BCUT2D eigenvalue weighted by molar-refractivity contribution is 0.0519. The molecule has 1 fully saturated rings. The van der Waals surface area contributed by atoms with Crippen LogP contribution in [0.4, 0.5) is 5.69 Å². The van der Waals surface area contributed by atoms with Gasteiger partial charge in [0.15, 0.2) is 5.75 Å². The van der Waals surface area contributed by atoms with E-state index in [-0.39, 0.29) is 23.9 Å². The number of rotatable bonds is 3. The van der Waals surface area contributed by atoms with E-state index in [4.69, 9.17) is 9.47 Å². The van der Waals surface area contributed by atoms with Crippen LogP contribution in [0.3, 0.4) is 0 Å². The predicted octanol–water partition coefficient (Wildman–Crippen LogP) is 3.67. The number of pyridine rings is 2. The van der Waals surface area contributed by atoms with Crippen molar-refractivity contribution in [2.24, 2.45) is 5.92 Å². The van der Waals surface area contributed by atoms with Crippen molar-refractivity contribution in [2.45, 2.75) is 37.8 Å². The number of carbonyl (C=O) groups excluding carboxylic acids is 2. The summed E-state index contributed by atoms with van der Waals surface area (Å²) in [4.78, 5) is 36.2. The van der Waals surface area contributed by atoms with Gasteiger partial charge in [-0.3, -0.25) is 19.5 Å². The third kappa shape index (κ3) is 3.20. The van der Waals surface area contributed by atoms with E-state index in [1.54, 1.807) is 43.6 Å². The summed E-state index contributed by atoms with van der Waals surface area (Å²) in [5.74, 6) is 1.28. The minimum absolute atomic E-state index is 0.0543. The molecule has 0 saturated heterocycles. The average Bonchev–Trinajstić information content (AvgIpc) is 3.13. The number of aromatic nitrogens is 2. The molecule has 1 N–H and O–H groups in total. The summed E-state index contributed by atoms with van der Waals surface area (Å²) in [6.07, 6.45) is 5.14. The van der Waals surface area contributed by atoms with Crippen LogP contribution < -0.4 is 14.8 Å². The Bertz CT molecular complexity index is 1230. The number of amides is 2. The van der Waals surface area contributed by atoms with Crippen LogP contribution >= 0.6 is 0 Å². The molecule has 2 amide bonds. The molecule has 0 radical (unpaired) electrons. The van der Waals surface area contributed by atoms with Gasteiger partial charge < -0.3 is 14.8 Å². The summed E-state index contributed by atoms with van der Waals surface area (Å²) >= 11 is 0. The number of hydrogen-bond donors (Lipinski definition) is 1. The zero-order valence-corrected chi connectivity index (χ0v) is 18.3. The lowest BCUT2D eigenvalue weighted by Gasteiger charge is -2.39. The Morgan fingerprint density at radius 1 is 1.03 bits per heavy atom. The van der Waals surface area contributed by atoms with E-state index < -0.39 is 0 Å². The summed E-state index contributed by atoms with van der Waals surface area (Å²) in [6, 6.07) is 10.8. The van der Waals surface area contributed by atoms with Crippen LogP contribution in [-0.2, 0) is 0 Å². The summed E-state index contributed by atoms with van der Waals surface area (Å²) in [5, 5.41) is 3.65. The van der Waals surface area contributed by atoms with Crippen molar-refractivity contribution >= 4 is 28.5 Å². The van der Waals surface area contributed by atoms with E-state index in [0.29, 0.717) is 35.3 Å². The van der Waals surface area contributed by atoms with Gasteiger partial charge in [0, 0.05) is 12.1 Å². The molecule has 0 bridgehead atoms. The summed E-state index contributed by atoms with van der Waals surface area (Å²) in [5.41, 5.74) is 3.40. The number of ether oxygens (including phenoxy) is 2. The number of nitrogens with one attached hydrogen (secondary N) is 1. The number of benzene rings is 1. The molecule has 6 rings (SSSR count). The SMILES string of the molecule is COc1ccc2ncc3c(c2n1)NC([C@H]1CC[C@H](N2C(=O)c4ccccc4C2=O)CC1)CO3. The molecule has 3 aromatic rings. The Kier molecular flexibility index (Phi) is 4.67. The first kappa shape index (κ1) is 20.0. The van der Waals surface area contributed by atoms with Gasteiger partial charge in [-0.2, -0.15) is 0 Å². The maximum absolute atomic E-state index is 12.9. The van der Waals surface area contributed by atoms with E-state index in [9.17, 15) is 9.59 Å². The Morgan fingerprint density at radius 3 is 2.45 bits per heavy atom. The normalized spacial score (nSPS) is 24.2. The standard InChI is InChI=1S/C25H24N4O4/c1-32-21-11-10-18-22(28-21)23-20(12-26-18)33-13-19(27-23)14-6-8-15(9-7-14)29-24(30)16-4-2-3-5-17(16)25(29)31/h2-5,10-12,14-15,19,27H,6-9,13H2,1H3/t14-,15-,19?. The second kappa shape index (κ2) is 7.72. The van der Waals surface area contributed by atoms with Crippen molar-refractivity contribution < 1.29 is 19.1 Å². The molecule has 2 aromatic heterocycles. The maximum Gasteiger partial charge on any atom is 0.261 e. The second-order valence-electron chi connectivity index (χ2n) is 8.88. The fraction of sp³-hybridized carbons (Fsp3) is 0.360. The van der Waals surface area contributed by atoms with Gasteiger partial charge >= 0.3 is 0 Å². The minimum atomic E-state index is -0.161. The third-order valence-electron chi connectivity index (χ3n) is 7.11. The highest BCUT2D eigenvalue weighted by Gasteiger charge is 2.42. The number of nitrogens with zero attached hydrogens (tertiary/aromatic N) is 3. The largest absolute Gasteiger partial charge is 0.488 e. The van der Waals surface area contributed by atoms with E-state index in [2.05, 4.69) is 15.3 Å². The summed E-state index contributed by atoms with van der Waals surface area (Å²) < 4.78 is 11.3. The smallest absolute Gasteiger partial charge is 0.261 e. The number of fused-ring (bicyclic) bond motifs is 4. The minimum Gasteiger partial charge on any atom is -0.488 e. The highest BCUT2D eigenvalue weighted by molar-refractivity contribution is 6.21. The highest BCUT2D eigenvalue weighted by atomic mass is 16.5. The van der Waals surface area contributed by atoms with Crippen LogP contribution in [0, 0.1) is 5.92 Å². The van der Waals surface area contributed by atoms with Crippen LogP contribution in [0.15, 0.2) is 42.6 Å². The van der Waals surface area contributed by atoms with Crippen molar-refractivity contribution in [3.63, 3.8) is 0 Å². The van der Waals surface area contributed by atoms with Crippen molar-refractivity contribution in [1.29, 1.82) is 0 Å². The Hall–Kier alpha value is -3.68. The van der Waals surface area contributed by atoms with Gasteiger partial charge in [-0.1, -0.05) is 12.1 Å². The van der Waals surface area contributed by atoms with Crippen molar-refractivity contribution in [3.8, 4) is 11.6 Å². The molecule has 1 atom stereocenters. The fourth-order valence-electron chi connectivity index (χ4n) is 5.36. The number of methoxy groups -OCH3 is 1. The molecule has 1 aromatic carbocycles. The molecule has 168 valence electrons. The molecule has 8 nitrogen and oxygen atoms in total. The lowest BCUT2D eigenvalue weighted by atomic mass is 9.80. The molecule has 2 aliphatic heterocycles. The zero-order chi connectivity index (χ0) is 22.5. The molecule has 3 aliphatic rings. The number of anilines is 1. The highest BCUT2D eigenvalue weighted by Crippen LogP contribution is 2.40. The van der Waals surface area contributed by atoms with Gasteiger partial charge in [-0.15, -0.1) is 0 Å². The van der Waals surface area contributed by atoms with E-state index in [1.807, 2.05) is 6.07 Å². The quantitative estimate of drug-likeness (QED) is 0.616. The molecule has 1 aliphatic carbocycles. The molecule has 4 heterocycles. The topological polar surface area (TPSA) is 93.7 Å². The van der Waals surface area contributed by atoms with Gasteiger partial charge in [-0.05, 0) is 49.8 Å². The first-order valence-electron chi connectivity index (χ1n) is 11.3. The maximum atomic E-state index is 12.9. The molecule has 0 spiro atoms. The van der Waals surface area contributed by atoms with Crippen molar-refractivity contribution in [1.82, 2.24) is 14.9 Å². The summed E-state index contributed by atoms with van der Waals surface area (Å²) in [7, 11) is 1.59. The van der Waals surface area contributed by atoms with Gasteiger partial charge in [0.1, 0.15) is 17.8 Å². The monoisotopic (exact) mass is 444 g/mol. The number of carbonyl (C=O) groups is 2. The van der Waals surface area contributed by atoms with Crippen LogP contribution in [0.25, 0.3) is 11.0 Å². The first-order valence-corrected chi connectivity index (χ1v) is 11.3. The molecular formula is C25H24N4O4. The van der Waals surface area contributed by atoms with E-state index in [0.717, 1.165) is 42.4 Å². The van der Waals surface area contributed by atoms with Crippen LogP contribution in [0.5, 0.6) is 11.6 Å². The Morgan fingerprint density at radius 2 is 1.76 bits per heavy atom. The zero-order valence-electron chi connectivity index (χ0n) is 18.3. The van der Waals surface area contributed by atoms with Gasteiger partial charge in [-0.25, -0.2) is 4.98 Å². The van der Waals surface area contributed by atoms with Gasteiger partial charge in [0.2, 0.25) is 5.88 Å². The van der Waals surface area contributed by atoms with Gasteiger partial charge in [0.05, 0.1) is 36.0 Å². The first-order chi connectivity index (χ1) is 16.1. The molecular weight excluding hydrogens is 420 g/mol. The fourth-order valence-corrected chi connectivity index (χ4v) is 5.36. The molecule has 1 unspecified atom stereocenters. The lowest BCUT2D eigenvalue weighted by Crippen LogP contribution is -2.45. The Balaban J connectivity index is 1.18. The second-order valence-corrected chi connectivity index (χ2v) is 8.88. The predicted molar refractivity (Wildman–Crippen MR) is 122 cm³/mol. The van der Waals surface area contributed by atoms with Crippen molar-refractivity contribution in [2.75, 3.05) is 19.0 Å². The van der Waals surface area contributed by atoms with Crippen LogP contribution in [0.2, 0.25) is 0 Å². The van der Waals surface area contributed by atoms with Crippen LogP contribution in [-0.4, -0.2) is 52.5 Å². The Labute approximate surface area is 190 Å². The molecule has 8 heteroatoms. The molecule has 33 heavy (non-hydrogen) atoms.